The summed E-state index contributed by atoms with van der Waals surface area (Å²) in [6, 6.07) is 27.2. The van der Waals surface area contributed by atoms with Crippen molar-refractivity contribution in [2.75, 3.05) is 36.2 Å². The Labute approximate surface area is 249 Å². The van der Waals surface area contributed by atoms with Crippen molar-refractivity contribution in [1.29, 1.82) is 0 Å². The fourth-order valence-corrected chi connectivity index (χ4v) is 5.91. The van der Waals surface area contributed by atoms with E-state index in [-0.39, 0.29) is 16.5 Å². The minimum Gasteiger partial charge on any atom is -0.322 e. The number of hydrogen-bond acceptors (Lipinski definition) is 5. The number of rotatable bonds is 9. The van der Waals surface area contributed by atoms with Gasteiger partial charge in [0.15, 0.2) is 0 Å². The topological polar surface area (TPSA) is 81.7 Å². The quantitative estimate of drug-likeness (QED) is 0.241. The van der Waals surface area contributed by atoms with Gasteiger partial charge in [0.25, 0.3) is 15.9 Å². The van der Waals surface area contributed by atoms with E-state index in [4.69, 9.17) is 0 Å². The molecule has 5 rings (SSSR count). The van der Waals surface area contributed by atoms with E-state index < -0.39 is 21.8 Å². The molecule has 0 saturated carbocycles. The second kappa shape index (κ2) is 13.0. The van der Waals surface area contributed by atoms with Crippen molar-refractivity contribution in [1.82, 2.24) is 9.80 Å². The molecule has 4 aromatic carbocycles. The zero-order chi connectivity index (χ0) is 30.5. The molecule has 224 valence electrons. The van der Waals surface area contributed by atoms with Crippen molar-refractivity contribution in [2.24, 2.45) is 0 Å². The molecule has 2 N–H and O–H groups in total. The molecule has 0 spiro atoms. The van der Waals surface area contributed by atoms with Gasteiger partial charge in [-0.15, -0.1) is 0 Å². The molecule has 1 fully saturated rings. The van der Waals surface area contributed by atoms with Crippen molar-refractivity contribution in [2.45, 2.75) is 24.2 Å². The van der Waals surface area contributed by atoms with Gasteiger partial charge >= 0.3 is 6.18 Å². The van der Waals surface area contributed by atoms with Crippen LogP contribution in [0.2, 0.25) is 0 Å². The molecule has 11 heteroatoms. The van der Waals surface area contributed by atoms with E-state index in [1.165, 1.54) is 35.9 Å². The molecular weight excluding hydrogens is 577 g/mol. The van der Waals surface area contributed by atoms with Crippen LogP contribution in [0.5, 0.6) is 0 Å². The van der Waals surface area contributed by atoms with E-state index >= 15 is 0 Å². The number of hydrogen-bond donors (Lipinski definition) is 2. The second-order valence-corrected chi connectivity index (χ2v) is 12.1. The Morgan fingerprint density at radius 3 is 1.86 bits per heavy atom. The summed E-state index contributed by atoms with van der Waals surface area (Å²) in [4.78, 5) is 17.5. The fourth-order valence-electron chi connectivity index (χ4n) is 4.86. The predicted octanol–water partition coefficient (Wildman–Crippen LogP) is 6.08. The Bertz CT molecular complexity index is 1640. The van der Waals surface area contributed by atoms with Crippen molar-refractivity contribution in [3.63, 3.8) is 0 Å². The first-order valence-corrected chi connectivity index (χ1v) is 15.2. The summed E-state index contributed by atoms with van der Waals surface area (Å²) < 4.78 is 66.4. The monoisotopic (exact) mass is 608 g/mol. The maximum absolute atomic E-state index is 13.0. The molecule has 0 aromatic heterocycles. The van der Waals surface area contributed by atoms with E-state index in [0.29, 0.717) is 11.3 Å². The molecule has 0 aliphatic carbocycles. The van der Waals surface area contributed by atoms with Gasteiger partial charge in [0.1, 0.15) is 0 Å². The van der Waals surface area contributed by atoms with Crippen LogP contribution in [0.1, 0.15) is 27.0 Å². The van der Waals surface area contributed by atoms with Crippen LogP contribution in [0.25, 0.3) is 0 Å². The minimum atomic E-state index is -4.60. The number of amides is 1. The molecule has 1 saturated heterocycles. The zero-order valence-electron chi connectivity index (χ0n) is 23.2. The van der Waals surface area contributed by atoms with Crippen LogP contribution in [-0.2, 0) is 29.3 Å². The molecule has 1 heterocycles. The molecule has 7 nitrogen and oxygen atoms in total. The normalized spacial score (nSPS) is 14.8. The average Bonchev–Trinajstić information content (AvgIpc) is 2.99. The number of sulfonamides is 1. The highest BCUT2D eigenvalue weighted by Gasteiger charge is 2.30. The molecular formula is C32H31F3N4O3S. The van der Waals surface area contributed by atoms with Gasteiger partial charge < -0.3 is 5.32 Å². The molecule has 1 amide bonds. The Balaban J connectivity index is 1.12. The number of alkyl halides is 3. The summed E-state index contributed by atoms with van der Waals surface area (Å²) in [5, 5.41) is 2.74. The summed E-state index contributed by atoms with van der Waals surface area (Å²) in [6.45, 7) is 5.68. The highest BCUT2D eigenvalue weighted by atomic mass is 32.2. The number of nitrogens with one attached hydrogen (secondary N) is 2. The number of halogens is 3. The van der Waals surface area contributed by atoms with Gasteiger partial charge in [0.2, 0.25) is 0 Å². The first-order valence-electron chi connectivity index (χ1n) is 13.7. The van der Waals surface area contributed by atoms with E-state index in [1.807, 2.05) is 18.2 Å². The predicted molar refractivity (Wildman–Crippen MR) is 160 cm³/mol. The molecule has 4 aromatic rings. The first kappa shape index (κ1) is 30.3. The van der Waals surface area contributed by atoms with Crippen LogP contribution in [0.4, 0.5) is 24.5 Å². The van der Waals surface area contributed by atoms with Gasteiger partial charge in [-0.1, -0.05) is 48.5 Å². The molecule has 1 aliphatic rings. The van der Waals surface area contributed by atoms with E-state index in [0.717, 1.165) is 63.0 Å². The Hall–Kier alpha value is -4.19. The maximum atomic E-state index is 13.0. The smallest absolute Gasteiger partial charge is 0.322 e. The van der Waals surface area contributed by atoms with Crippen molar-refractivity contribution >= 4 is 27.3 Å². The highest BCUT2D eigenvalue weighted by Crippen LogP contribution is 2.31. The summed E-state index contributed by atoms with van der Waals surface area (Å²) in [6.07, 6.45) is -4.60. The number of nitrogens with zero attached hydrogens (tertiary/aromatic N) is 2. The lowest BCUT2D eigenvalue weighted by Gasteiger charge is -2.34. The van der Waals surface area contributed by atoms with Crippen molar-refractivity contribution < 1.29 is 26.4 Å². The molecule has 0 unspecified atom stereocenters. The lowest BCUT2D eigenvalue weighted by atomic mass is 10.1. The van der Waals surface area contributed by atoms with Crippen LogP contribution >= 0.6 is 0 Å². The van der Waals surface area contributed by atoms with Gasteiger partial charge in [-0.3, -0.25) is 19.3 Å². The third kappa shape index (κ3) is 8.22. The maximum Gasteiger partial charge on any atom is 0.416 e. The van der Waals surface area contributed by atoms with Crippen LogP contribution in [0.15, 0.2) is 108 Å². The Kier molecular flexibility index (Phi) is 9.14. The lowest BCUT2D eigenvalue weighted by Crippen LogP contribution is -2.45. The number of anilines is 2. The third-order valence-electron chi connectivity index (χ3n) is 7.20. The first-order chi connectivity index (χ1) is 20.5. The standard InChI is InChI=1S/C32H31F3N4O3S/c33-32(34,35)27-7-4-8-29(21-27)37-43(41,42)30-15-13-28(14-16-30)36-31(40)26-11-9-25(10-12-26)23-39-19-17-38(18-20-39)22-24-5-2-1-3-6-24/h1-16,21,37H,17-20,22-23H2,(H,36,40). The Morgan fingerprint density at radius 1 is 0.698 bits per heavy atom. The number of benzene rings is 4. The summed E-state index contributed by atoms with van der Waals surface area (Å²) in [7, 11) is -4.14. The van der Waals surface area contributed by atoms with Crippen molar-refractivity contribution in [3.8, 4) is 0 Å². The lowest BCUT2D eigenvalue weighted by molar-refractivity contribution is -0.137. The second-order valence-electron chi connectivity index (χ2n) is 10.4. The third-order valence-corrected chi connectivity index (χ3v) is 8.60. The van der Waals surface area contributed by atoms with E-state index in [1.54, 1.807) is 12.1 Å². The molecule has 43 heavy (non-hydrogen) atoms. The zero-order valence-corrected chi connectivity index (χ0v) is 24.0. The largest absolute Gasteiger partial charge is 0.416 e. The summed E-state index contributed by atoms with van der Waals surface area (Å²) in [5.74, 6) is -0.348. The van der Waals surface area contributed by atoms with Crippen LogP contribution < -0.4 is 10.0 Å². The number of carbonyl (C=O) groups excluding carboxylic acids is 1. The van der Waals surface area contributed by atoms with Crippen LogP contribution in [-0.4, -0.2) is 50.3 Å². The van der Waals surface area contributed by atoms with Gasteiger partial charge in [-0.25, -0.2) is 8.42 Å². The van der Waals surface area contributed by atoms with Gasteiger partial charge in [-0.2, -0.15) is 13.2 Å². The van der Waals surface area contributed by atoms with E-state index in [2.05, 4.69) is 44.1 Å². The van der Waals surface area contributed by atoms with Crippen LogP contribution in [0, 0.1) is 0 Å². The average molecular weight is 609 g/mol. The van der Waals surface area contributed by atoms with Crippen molar-refractivity contribution in [3.05, 3.63) is 125 Å². The van der Waals surface area contributed by atoms with E-state index in [9.17, 15) is 26.4 Å². The highest BCUT2D eigenvalue weighted by molar-refractivity contribution is 7.92. The summed E-state index contributed by atoms with van der Waals surface area (Å²) in [5.41, 5.74) is 2.09. The molecule has 0 atom stereocenters. The fraction of sp³-hybridized carbons (Fsp3) is 0.219. The summed E-state index contributed by atoms with van der Waals surface area (Å²) >= 11 is 0. The van der Waals surface area contributed by atoms with Crippen LogP contribution in [0.3, 0.4) is 0 Å². The molecule has 1 aliphatic heterocycles. The van der Waals surface area contributed by atoms with Gasteiger partial charge in [0, 0.05) is 56.2 Å². The number of carbonyl (C=O) groups is 1. The minimum absolute atomic E-state index is 0.159. The Morgan fingerprint density at radius 2 is 1.28 bits per heavy atom. The molecule has 0 bridgehead atoms. The number of piperazine rings is 1. The van der Waals surface area contributed by atoms with Gasteiger partial charge in [-0.05, 0) is 65.7 Å². The molecule has 0 radical (unpaired) electrons. The SMILES string of the molecule is O=C(Nc1ccc(S(=O)(=O)Nc2cccc(C(F)(F)F)c2)cc1)c1ccc(CN2CCN(Cc3ccccc3)CC2)cc1. The van der Waals surface area contributed by atoms with Gasteiger partial charge in [0.05, 0.1) is 10.5 Å².